The van der Waals surface area contributed by atoms with Crippen LogP contribution in [0.3, 0.4) is 0 Å². The first-order valence-corrected chi connectivity index (χ1v) is 7.17. The summed E-state index contributed by atoms with van der Waals surface area (Å²) in [5.41, 5.74) is 1.45. The van der Waals surface area contributed by atoms with Crippen molar-refractivity contribution in [2.24, 2.45) is 5.92 Å². The normalized spacial score (nSPS) is 12.4. The minimum Gasteiger partial charge on any atom is -0.391 e. The van der Waals surface area contributed by atoms with Gasteiger partial charge in [-0.05, 0) is 17.5 Å². The van der Waals surface area contributed by atoms with Gasteiger partial charge in [-0.3, -0.25) is 4.79 Å². The van der Waals surface area contributed by atoms with Gasteiger partial charge < -0.3 is 15.2 Å². The topological polar surface area (TPSA) is 58.6 Å². The number of methoxy groups -OCH3 is 1. The van der Waals surface area contributed by atoms with E-state index < -0.39 is 6.10 Å². The van der Waals surface area contributed by atoms with Crippen molar-refractivity contribution in [2.75, 3.05) is 13.7 Å². The molecule has 0 saturated heterocycles. The van der Waals surface area contributed by atoms with Crippen LogP contribution in [0, 0.1) is 5.92 Å². The molecular weight excluding hydrogens is 254 g/mol. The number of aliphatic hydroxyl groups excluding tert-OH is 1. The summed E-state index contributed by atoms with van der Waals surface area (Å²) in [5.74, 6) is 0.0622. The van der Waals surface area contributed by atoms with Gasteiger partial charge in [-0.15, -0.1) is 0 Å². The lowest BCUT2D eigenvalue weighted by Gasteiger charge is -2.20. The van der Waals surface area contributed by atoms with E-state index in [2.05, 4.69) is 5.32 Å². The third-order valence-corrected chi connectivity index (χ3v) is 3.63. The molecule has 20 heavy (non-hydrogen) atoms. The van der Waals surface area contributed by atoms with Crippen LogP contribution in [0.15, 0.2) is 24.3 Å². The number of benzene rings is 1. The monoisotopic (exact) mass is 279 g/mol. The van der Waals surface area contributed by atoms with Gasteiger partial charge in [0.1, 0.15) is 0 Å². The zero-order valence-corrected chi connectivity index (χ0v) is 12.6. The molecule has 0 bridgehead atoms. The Kier molecular flexibility index (Phi) is 7.26. The fourth-order valence-corrected chi connectivity index (χ4v) is 2.32. The molecule has 0 heterocycles. The molecule has 4 nitrogen and oxygen atoms in total. The zero-order valence-electron chi connectivity index (χ0n) is 12.6. The van der Waals surface area contributed by atoms with Crippen molar-refractivity contribution in [1.82, 2.24) is 5.32 Å². The Balaban J connectivity index is 2.63. The lowest BCUT2D eigenvalue weighted by Crippen LogP contribution is -2.36. The van der Waals surface area contributed by atoms with E-state index in [4.69, 9.17) is 4.74 Å². The van der Waals surface area contributed by atoms with Crippen LogP contribution in [0.25, 0.3) is 0 Å². The third kappa shape index (κ3) is 4.62. The number of hydrogen-bond donors (Lipinski definition) is 2. The summed E-state index contributed by atoms with van der Waals surface area (Å²) in [6, 6.07) is 7.35. The standard InChI is InChI=1S/C16H25NO3/c1-4-12(5-2)15(18)10-17-16(19)14-9-7-6-8-13(14)11-20-3/h6-9,12,15,18H,4-5,10-11H2,1-3H3,(H,17,19). The number of nitrogens with one attached hydrogen (secondary N) is 1. The maximum Gasteiger partial charge on any atom is 0.251 e. The van der Waals surface area contributed by atoms with E-state index >= 15 is 0 Å². The first-order chi connectivity index (χ1) is 9.63. The Morgan fingerprint density at radius 3 is 2.55 bits per heavy atom. The van der Waals surface area contributed by atoms with Crippen molar-refractivity contribution in [3.63, 3.8) is 0 Å². The SMILES string of the molecule is CCC(CC)C(O)CNC(=O)c1ccccc1COC. The molecule has 1 atom stereocenters. The molecule has 1 aromatic rings. The van der Waals surface area contributed by atoms with Gasteiger partial charge in [0.15, 0.2) is 0 Å². The quantitative estimate of drug-likeness (QED) is 0.768. The van der Waals surface area contributed by atoms with Crippen molar-refractivity contribution in [1.29, 1.82) is 0 Å². The van der Waals surface area contributed by atoms with Crippen molar-refractivity contribution >= 4 is 5.91 Å². The van der Waals surface area contributed by atoms with Crippen LogP contribution < -0.4 is 5.32 Å². The Morgan fingerprint density at radius 2 is 1.95 bits per heavy atom. The first kappa shape index (κ1) is 16.7. The second kappa shape index (κ2) is 8.72. The van der Waals surface area contributed by atoms with Crippen LogP contribution in [-0.2, 0) is 11.3 Å². The summed E-state index contributed by atoms with van der Waals surface area (Å²) in [7, 11) is 1.60. The predicted octanol–water partition coefficient (Wildman–Crippen LogP) is 2.36. The van der Waals surface area contributed by atoms with Gasteiger partial charge in [0.2, 0.25) is 0 Å². The molecule has 0 aliphatic heterocycles. The molecule has 0 spiro atoms. The summed E-state index contributed by atoms with van der Waals surface area (Å²) in [6.45, 7) is 4.78. The molecule has 4 heteroatoms. The highest BCUT2D eigenvalue weighted by molar-refractivity contribution is 5.95. The second-order valence-corrected chi connectivity index (χ2v) is 4.94. The van der Waals surface area contributed by atoms with Gasteiger partial charge in [0, 0.05) is 19.2 Å². The zero-order chi connectivity index (χ0) is 15.0. The van der Waals surface area contributed by atoms with Gasteiger partial charge in [0.05, 0.1) is 12.7 Å². The highest BCUT2D eigenvalue weighted by Crippen LogP contribution is 2.13. The van der Waals surface area contributed by atoms with Crippen molar-refractivity contribution in [3.05, 3.63) is 35.4 Å². The van der Waals surface area contributed by atoms with Crippen LogP contribution >= 0.6 is 0 Å². The number of aliphatic hydroxyl groups is 1. The molecule has 112 valence electrons. The van der Waals surface area contributed by atoms with E-state index in [1.807, 2.05) is 32.0 Å². The summed E-state index contributed by atoms with van der Waals surface area (Å²) < 4.78 is 5.09. The van der Waals surface area contributed by atoms with Gasteiger partial charge in [-0.1, -0.05) is 44.9 Å². The Morgan fingerprint density at radius 1 is 1.30 bits per heavy atom. The lowest BCUT2D eigenvalue weighted by molar-refractivity contribution is 0.0813. The molecule has 2 N–H and O–H groups in total. The summed E-state index contributed by atoms with van der Waals surface area (Å²) in [5, 5.41) is 12.8. The Labute approximate surface area is 121 Å². The number of ether oxygens (including phenoxy) is 1. The highest BCUT2D eigenvalue weighted by atomic mass is 16.5. The van der Waals surface area contributed by atoms with E-state index in [0.717, 1.165) is 18.4 Å². The molecule has 1 unspecified atom stereocenters. The van der Waals surface area contributed by atoms with E-state index in [1.54, 1.807) is 13.2 Å². The number of carbonyl (C=O) groups is 1. The summed E-state index contributed by atoms with van der Waals surface area (Å²) in [4.78, 5) is 12.2. The van der Waals surface area contributed by atoms with Gasteiger partial charge in [-0.2, -0.15) is 0 Å². The van der Waals surface area contributed by atoms with Gasteiger partial charge >= 0.3 is 0 Å². The molecule has 0 aromatic heterocycles. The fourth-order valence-electron chi connectivity index (χ4n) is 2.32. The predicted molar refractivity (Wildman–Crippen MR) is 79.6 cm³/mol. The largest absolute Gasteiger partial charge is 0.391 e. The Bertz CT molecular complexity index is 416. The molecule has 1 rings (SSSR count). The molecule has 0 aliphatic rings. The van der Waals surface area contributed by atoms with Crippen LogP contribution in [0.1, 0.15) is 42.6 Å². The average Bonchev–Trinajstić information content (AvgIpc) is 2.47. The Hall–Kier alpha value is -1.39. The van der Waals surface area contributed by atoms with Crippen LogP contribution in [-0.4, -0.2) is 30.8 Å². The second-order valence-electron chi connectivity index (χ2n) is 4.94. The van der Waals surface area contributed by atoms with Crippen molar-refractivity contribution < 1.29 is 14.6 Å². The van der Waals surface area contributed by atoms with E-state index in [0.29, 0.717) is 12.2 Å². The highest BCUT2D eigenvalue weighted by Gasteiger charge is 2.17. The molecule has 0 radical (unpaired) electrons. The minimum absolute atomic E-state index is 0.164. The maximum absolute atomic E-state index is 12.2. The average molecular weight is 279 g/mol. The molecule has 1 amide bonds. The van der Waals surface area contributed by atoms with Gasteiger partial charge in [-0.25, -0.2) is 0 Å². The summed E-state index contributed by atoms with van der Waals surface area (Å²) in [6.07, 6.45) is 1.32. The van der Waals surface area contributed by atoms with Crippen molar-refractivity contribution in [3.8, 4) is 0 Å². The molecule has 0 aliphatic carbocycles. The number of amides is 1. The van der Waals surface area contributed by atoms with Gasteiger partial charge in [0.25, 0.3) is 5.91 Å². The maximum atomic E-state index is 12.2. The number of hydrogen-bond acceptors (Lipinski definition) is 3. The first-order valence-electron chi connectivity index (χ1n) is 7.17. The fraction of sp³-hybridized carbons (Fsp3) is 0.562. The number of carbonyl (C=O) groups excluding carboxylic acids is 1. The van der Waals surface area contributed by atoms with E-state index in [-0.39, 0.29) is 18.4 Å². The molecule has 0 fully saturated rings. The minimum atomic E-state index is -0.497. The molecule has 0 saturated carbocycles. The number of rotatable bonds is 8. The van der Waals surface area contributed by atoms with Crippen LogP contribution in [0.4, 0.5) is 0 Å². The third-order valence-electron chi connectivity index (χ3n) is 3.63. The molecule has 1 aromatic carbocycles. The summed E-state index contributed by atoms with van der Waals surface area (Å²) >= 11 is 0. The lowest BCUT2D eigenvalue weighted by atomic mass is 9.96. The van der Waals surface area contributed by atoms with Crippen LogP contribution in [0.5, 0.6) is 0 Å². The smallest absolute Gasteiger partial charge is 0.251 e. The van der Waals surface area contributed by atoms with E-state index in [1.165, 1.54) is 0 Å². The van der Waals surface area contributed by atoms with Crippen LogP contribution in [0.2, 0.25) is 0 Å². The van der Waals surface area contributed by atoms with Crippen molar-refractivity contribution in [2.45, 2.75) is 39.4 Å². The van der Waals surface area contributed by atoms with E-state index in [9.17, 15) is 9.90 Å². The molecular formula is C16H25NO3.